The lowest BCUT2D eigenvalue weighted by molar-refractivity contribution is -0.223. The van der Waals surface area contributed by atoms with Crippen molar-refractivity contribution in [2.75, 3.05) is 6.61 Å². The van der Waals surface area contributed by atoms with Crippen LogP contribution in [0.25, 0.3) is 0 Å². The van der Waals surface area contributed by atoms with Crippen molar-refractivity contribution < 1.29 is 57.6 Å². The molecule has 3 aliphatic rings. The molecule has 1 aromatic rings. The van der Waals surface area contributed by atoms with Gasteiger partial charge in [0.1, 0.15) is 30.5 Å². The predicted molar refractivity (Wildman–Crippen MR) is 171 cm³/mol. The topological polar surface area (TPSA) is 182 Å². The summed E-state index contributed by atoms with van der Waals surface area (Å²) in [5.41, 5.74) is -6.07. The highest BCUT2D eigenvalue weighted by Crippen LogP contribution is 2.63. The molecule has 10 unspecified atom stereocenters. The van der Waals surface area contributed by atoms with Gasteiger partial charge in [0.15, 0.2) is 5.60 Å². The zero-order valence-corrected chi connectivity index (χ0v) is 28.9. The summed E-state index contributed by atoms with van der Waals surface area (Å²) in [6.45, 7) is 13.3. The van der Waals surface area contributed by atoms with Gasteiger partial charge in [-0.2, -0.15) is 0 Å². The van der Waals surface area contributed by atoms with Crippen molar-refractivity contribution in [2.24, 2.45) is 29.1 Å². The van der Waals surface area contributed by atoms with Crippen molar-refractivity contribution >= 4 is 35.6 Å². The molecule has 1 N–H and O–H groups in total. The van der Waals surface area contributed by atoms with Gasteiger partial charge >= 0.3 is 29.8 Å². The molecule has 10 atom stereocenters. The molecule has 1 heterocycles. The van der Waals surface area contributed by atoms with E-state index in [-0.39, 0.29) is 18.4 Å². The van der Waals surface area contributed by atoms with Gasteiger partial charge in [-0.1, -0.05) is 32.1 Å². The van der Waals surface area contributed by atoms with Crippen LogP contribution in [0.2, 0.25) is 0 Å². The number of carbonyl (C=O) groups is 6. The number of ketones is 1. The van der Waals surface area contributed by atoms with Crippen molar-refractivity contribution in [1.29, 1.82) is 0 Å². The molecular formula is C36H45NO12. The van der Waals surface area contributed by atoms with Gasteiger partial charge in [0, 0.05) is 51.4 Å². The molecule has 0 aliphatic heterocycles. The maximum atomic E-state index is 15.1. The summed E-state index contributed by atoms with van der Waals surface area (Å²) in [7, 11) is 0. The lowest BCUT2D eigenvalue weighted by Crippen LogP contribution is -2.66. The van der Waals surface area contributed by atoms with Crippen molar-refractivity contribution in [1.82, 2.24) is 4.98 Å². The van der Waals surface area contributed by atoms with Crippen LogP contribution in [0.3, 0.4) is 0 Å². The second-order valence-electron chi connectivity index (χ2n) is 13.6. The van der Waals surface area contributed by atoms with E-state index in [1.54, 1.807) is 26.8 Å². The van der Waals surface area contributed by atoms with E-state index in [1.165, 1.54) is 44.4 Å². The first kappa shape index (κ1) is 37.4. The first-order chi connectivity index (χ1) is 22.9. The zero-order valence-electron chi connectivity index (χ0n) is 28.9. The average molecular weight is 684 g/mol. The quantitative estimate of drug-likeness (QED) is 0.215. The van der Waals surface area contributed by atoms with E-state index in [9.17, 15) is 29.1 Å². The van der Waals surface area contributed by atoms with Crippen LogP contribution in [-0.4, -0.2) is 81.8 Å². The van der Waals surface area contributed by atoms with Crippen LogP contribution in [0.5, 0.6) is 0 Å². The number of ether oxygens (including phenoxy) is 5. The number of nitrogens with zero attached hydrogens (tertiary/aromatic N) is 1. The molecule has 1 aromatic heterocycles. The third kappa shape index (κ3) is 6.77. The molecule has 2 saturated carbocycles. The zero-order chi connectivity index (χ0) is 36.5. The lowest BCUT2D eigenvalue weighted by Gasteiger charge is -2.55. The summed E-state index contributed by atoms with van der Waals surface area (Å²) in [5, 5.41) is 12.7. The third-order valence-electron chi connectivity index (χ3n) is 9.94. The predicted octanol–water partition coefficient (Wildman–Crippen LogP) is 3.47. The number of rotatable bonds is 10. The van der Waals surface area contributed by atoms with Gasteiger partial charge in [-0.3, -0.25) is 29.0 Å². The smallest absolute Gasteiger partial charge is 0.339 e. The Hall–Kier alpha value is -4.39. The molecule has 4 rings (SSSR count). The monoisotopic (exact) mass is 683 g/mol. The van der Waals surface area contributed by atoms with E-state index in [4.69, 9.17) is 23.7 Å². The summed E-state index contributed by atoms with van der Waals surface area (Å²) < 4.78 is 30.0. The number of carbonyl (C=O) groups excluding carboxylic acids is 6. The Kier molecular flexibility index (Phi) is 10.9. The highest BCUT2D eigenvalue weighted by molar-refractivity contribution is 5.98. The Bertz CT molecular complexity index is 1540. The number of hydrogen-bond acceptors (Lipinski definition) is 13. The minimum atomic E-state index is -2.42. The number of Topliss-reactive ketones (excluding diaryl/α,β-unsaturated/α-hetero) is 1. The molecule has 13 nitrogen and oxygen atoms in total. The van der Waals surface area contributed by atoms with Crippen LogP contribution in [0.1, 0.15) is 78.1 Å². The molecule has 0 spiro atoms. The first-order valence-electron chi connectivity index (χ1n) is 16.4. The molecule has 0 radical (unpaired) electrons. The Morgan fingerprint density at radius 2 is 1.69 bits per heavy atom. The van der Waals surface area contributed by atoms with Gasteiger partial charge in [-0.25, -0.2) is 4.79 Å². The Morgan fingerprint density at radius 3 is 2.24 bits per heavy atom. The van der Waals surface area contributed by atoms with Crippen molar-refractivity contribution in [3.63, 3.8) is 0 Å². The number of hydrogen-bond donors (Lipinski definition) is 1. The highest BCUT2D eigenvalue weighted by Gasteiger charge is 2.78. The maximum absolute atomic E-state index is 15.1. The van der Waals surface area contributed by atoms with Crippen LogP contribution < -0.4 is 0 Å². The molecule has 13 heteroatoms. The molecule has 49 heavy (non-hydrogen) atoms. The number of aliphatic hydroxyl groups is 1. The number of allylic oxidation sites excluding steroid dienone is 2. The van der Waals surface area contributed by atoms with Crippen molar-refractivity contribution in [2.45, 2.75) is 97.2 Å². The standard InChI is InChI=1S/C36H45NO12/c1-9-11-27(41)48-31-28-29(47-22(6)39)20(4)16-36(28,44)33(43)34(8,49-23(7)40)30-25(19(2)3)13-14-26(46-21(5)38)35(30,31)18-45-32(42)24-12-10-15-37-17-24/h10,12-15,17,20,25-26,28-31,44H,2,9,11,16,18H2,1,3-8H3. The van der Waals surface area contributed by atoms with Crippen LogP contribution in [0.15, 0.2) is 48.8 Å². The van der Waals surface area contributed by atoms with Gasteiger partial charge in [0.2, 0.25) is 5.78 Å². The van der Waals surface area contributed by atoms with Crippen LogP contribution in [0, 0.1) is 29.1 Å². The molecule has 0 saturated heterocycles. The Morgan fingerprint density at radius 1 is 1.02 bits per heavy atom. The molecule has 0 aromatic carbocycles. The fraction of sp³-hybridized carbons (Fsp3) is 0.583. The molecule has 266 valence electrons. The van der Waals surface area contributed by atoms with E-state index in [0.29, 0.717) is 12.0 Å². The fourth-order valence-corrected chi connectivity index (χ4v) is 8.32. The number of aromatic nitrogens is 1. The summed E-state index contributed by atoms with van der Waals surface area (Å²) in [6, 6.07) is 3.00. The molecule has 0 bridgehead atoms. The van der Waals surface area contributed by atoms with Crippen LogP contribution >= 0.6 is 0 Å². The van der Waals surface area contributed by atoms with E-state index >= 15 is 4.79 Å². The van der Waals surface area contributed by atoms with Gasteiger partial charge in [0.05, 0.1) is 16.9 Å². The summed E-state index contributed by atoms with van der Waals surface area (Å²) in [5.74, 6) is -9.24. The Balaban J connectivity index is 2.17. The Labute approximate surface area is 285 Å². The largest absolute Gasteiger partial charge is 0.462 e. The second-order valence-corrected chi connectivity index (χ2v) is 13.6. The summed E-state index contributed by atoms with van der Waals surface area (Å²) in [4.78, 5) is 84.6. The third-order valence-corrected chi connectivity index (χ3v) is 9.94. The highest BCUT2D eigenvalue weighted by atomic mass is 16.6. The number of fused-ring (bicyclic) bond motifs is 2. The lowest BCUT2D eigenvalue weighted by atomic mass is 9.53. The minimum Gasteiger partial charge on any atom is -0.462 e. The second kappa shape index (κ2) is 14.2. The van der Waals surface area contributed by atoms with E-state index in [2.05, 4.69) is 11.6 Å². The SMILES string of the molecule is C=C(C)C1C=CC(OC(C)=O)C2(COC(=O)c3cccnc3)C(OC(=O)CCC)C3C(OC(C)=O)C(C)CC3(O)C(=O)C(C)(OC(C)=O)C12. The minimum absolute atomic E-state index is 0.0676. The van der Waals surface area contributed by atoms with Crippen molar-refractivity contribution in [3.05, 3.63) is 54.4 Å². The van der Waals surface area contributed by atoms with Crippen LogP contribution in [0.4, 0.5) is 0 Å². The van der Waals surface area contributed by atoms with E-state index < -0.39 is 101 Å². The summed E-state index contributed by atoms with van der Waals surface area (Å²) >= 11 is 0. The molecule has 0 amide bonds. The summed E-state index contributed by atoms with van der Waals surface area (Å²) in [6.07, 6.45) is 1.68. The number of pyridine rings is 1. The molecule has 3 aliphatic carbocycles. The fourth-order valence-electron chi connectivity index (χ4n) is 8.32. The van der Waals surface area contributed by atoms with Crippen molar-refractivity contribution in [3.8, 4) is 0 Å². The van der Waals surface area contributed by atoms with Gasteiger partial charge in [-0.15, -0.1) is 0 Å². The van der Waals surface area contributed by atoms with E-state index in [1.807, 2.05) is 0 Å². The van der Waals surface area contributed by atoms with E-state index in [0.717, 1.165) is 13.8 Å². The van der Waals surface area contributed by atoms with Gasteiger partial charge in [-0.05, 0) is 50.8 Å². The van der Waals surface area contributed by atoms with Gasteiger partial charge < -0.3 is 28.8 Å². The average Bonchev–Trinajstić information content (AvgIpc) is 3.24. The maximum Gasteiger partial charge on any atom is 0.339 e. The van der Waals surface area contributed by atoms with Crippen LogP contribution in [-0.2, 0) is 47.7 Å². The van der Waals surface area contributed by atoms with Gasteiger partial charge in [0.25, 0.3) is 0 Å². The first-order valence-corrected chi connectivity index (χ1v) is 16.4. The molecule has 2 fully saturated rings. The number of esters is 5. The molecular weight excluding hydrogens is 638 g/mol. The normalized spacial score (nSPS) is 34.8.